The summed E-state index contributed by atoms with van der Waals surface area (Å²) in [6, 6.07) is 0. The molecule has 0 radical (unpaired) electrons. The molecule has 0 aromatic carbocycles. The Morgan fingerprint density at radius 1 is 1.67 bits per heavy atom. The summed E-state index contributed by atoms with van der Waals surface area (Å²) < 4.78 is 0.503. The van der Waals surface area contributed by atoms with E-state index in [0.29, 0.717) is 16.3 Å². The van der Waals surface area contributed by atoms with Crippen LogP contribution in [0.5, 0.6) is 0 Å². The summed E-state index contributed by atoms with van der Waals surface area (Å²) in [5.41, 5.74) is 1.41. The van der Waals surface area contributed by atoms with Crippen molar-refractivity contribution in [3.63, 3.8) is 0 Å². The fourth-order valence-electron chi connectivity index (χ4n) is 1.04. The second kappa shape index (κ2) is 4.75. The van der Waals surface area contributed by atoms with E-state index in [1.165, 1.54) is 18.4 Å². The Morgan fingerprint density at radius 3 is 2.75 bits per heavy atom. The summed E-state index contributed by atoms with van der Waals surface area (Å²) in [4.78, 5) is 0. The molecule has 0 saturated heterocycles. The lowest BCUT2D eigenvalue weighted by atomic mass is 10.4. The number of halogens is 2. The molecule has 1 aliphatic carbocycles. The number of hydrogen-bond acceptors (Lipinski definition) is 2. The minimum Gasteiger partial charge on any atom is -0.310 e. The fourth-order valence-corrected chi connectivity index (χ4v) is 1.97. The standard InChI is InChI=1S/C8H13Cl2NS/c1-12-8(2-3-8)6-11-5-7(10)4-9/h4,11H,2-3,5-6H2,1H3. The Hall–Kier alpha value is 0.630. The van der Waals surface area contributed by atoms with E-state index in [4.69, 9.17) is 23.2 Å². The molecule has 1 nitrogen and oxygen atoms in total. The van der Waals surface area contributed by atoms with Gasteiger partial charge in [0.2, 0.25) is 0 Å². The summed E-state index contributed by atoms with van der Waals surface area (Å²) in [5.74, 6) is 0. The van der Waals surface area contributed by atoms with Crippen LogP contribution < -0.4 is 5.32 Å². The molecular formula is C8H13Cl2NS. The van der Waals surface area contributed by atoms with Crippen LogP contribution >= 0.6 is 35.0 Å². The molecule has 0 aliphatic heterocycles. The Morgan fingerprint density at radius 2 is 2.33 bits per heavy atom. The van der Waals surface area contributed by atoms with Gasteiger partial charge in [0.15, 0.2) is 0 Å². The normalized spacial score (nSPS) is 21.1. The molecule has 0 spiro atoms. The van der Waals surface area contributed by atoms with Crippen LogP contribution in [-0.2, 0) is 0 Å². The van der Waals surface area contributed by atoms with Gasteiger partial charge in [-0.3, -0.25) is 0 Å². The van der Waals surface area contributed by atoms with Crippen LogP contribution in [0, 0.1) is 0 Å². The molecule has 12 heavy (non-hydrogen) atoms. The highest BCUT2D eigenvalue weighted by Crippen LogP contribution is 2.46. The molecule has 0 amide bonds. The summed E-state index contributed by atoms with van der Waals surface area (Å²) in [6.07, 6.45) is 4.81. The van der Waals surface area contributed by atoms with Gasteiger partial charge in [-0.1, -0.05) is 23.2 Å². The largest absolute Gasteiger partial charge is 0.310 e. The zero-order valence-corrected chi connectivity index (χ0v) is 9.40. The van der Waals surface area contributed by atoms with Gasteiger partial charge >= 0.3 is 0 Å². The number of thioether (sulfide) groups is 1. The molecule has 1 fully saturated rings. The summed E-state index contributed by atoms with van der Waals surface area (Å²) in [6.45, 7) is 1.72. The van der Waals surface area contributed by atoms with Crippen molar-refractivity contribution in [3.8, 4) is 0 Å². The van der Waals surface area contributed by atoms with E-state index in [9.17, 15) is 0 Å². The first kappa shape index (κ1) is 10.7. The van der Waals surface area contributed by atoms with Crippen molar-refractivity contribution in [2.45, 2.75) is 17.6 Å². The number of rotatable bonds is 5. The average molecular weight is 226 g/mol. The second-order valence-electron chi connectivity index (χ2n) is 3.05. The Kier molecular flexibility index (Phi) is 4.24. The molecule has 0 aromatic heterocycles. The van der Waals surface area contributed by atoms with Crippen LogP contribution in [0.1, 0.15) is 12.8 Å². The summed E-state index contributed by atoms with van der Waals surface area (Å²) in [7, 11) is 0. The van der Waals surface area contributed by atoms with E-state index >= 15 is 0 Å². The van der Waals surface area contributed by atoms with Crippen LogP contribution in [0.15, 0.2) is 10.6 Å². The SMILES string of the molecule is CSC1(CNCC(Cl)=CCl)CC1. The molecule has 0 atom stereocenters. The predicted molar refractivity (Wildman–Crippen MR) is 58.1 cm³/mol. The van der Waals surface area contributed by atoms with Crippen molar-refractivity contribution in [3.05, 3.63) is 10.6 Å². The van der Waals surface area contributed by atoms with Crippen molar-refractivity contribution in [2.75, 3.05) is 19.3 Å². The quantitative estimate of drug-likeness (QED) is 0.773. The van der Waals surface area contributed by atoms with Gasteiger partial charge in [-0.15, -0.1) is 0 Å². The van der Waals surface area contributed by atoms with Gasteiger partial charge < -0.3 is 5.32 Å². The van der Waals surface area contributed by atoms with Crippen LogP contribution in [-0.4, -0.2) is 24.1 Å². The summed E-state index contributed by atoms with van der Waals surface area (Å²) in [5, 5.41) is 3.96. The Balaban J connectivity index is 2.10. The van der Waals surface area contributed by atoms with E-state index in [1.54, 1.807) is 0 Å². The number of hydrogen-bond donors (Lipinski definition) is 1. The van der Waals surface area contributed by atoms with Gasteiger partial charge in [0.05, 0.1) is 0 Å². The third kappa shape index (κ3) is 3.17. The maximum Gasteiger partial charge on any atom is 0.0431 e. The van der Waals surface area contributed by atoms with Gasteiger partial charge in [-0.25, -0.2) is 0 Å². The van der Waals surface area contributed by atoms with E-state index in [-0.39, 0.29) is 0 Å². The lowest BCUT2D eigenvalue weighted by Gasteiger charge is -2.12. The highest BCUT2D eigenvalue weighted by molar-refractivity contribution is 8.00. The minimum atomic E-state index is 0.503. The minimum absolute atomic E-state index is 0.503. The van der Waals surface area contributed by atoms with Crippen LogP contribution in [0.2, 0.25) is 0 Å². The first-order chi connectivity index (χ1) is 5.72. The van der Waals surface area contributed by atoms with Crippen LogP contribution in [0.25, 0.3) is 0 Å². The van der Waals surface area contributed by atoms with Crippen molar-refractivity contribution < 1.29 is 0 Å². The molecule has 70 valence electrons. The van der Waals surface area contributed by atoms with Crippen molar-refractivity contribution >= 4 is 35.0 Å². The maximum atomic E-state index is 5.72. The average Bonchev–Trinajstić information content (AvgIpc) is 2.85. The molecule has 1 rings (SSSR count). The third-order valence-electron chi connectivity index (χ3n) is 2.10. The summed E-state index contributed by atoms with van der Waals surface area (Å²) >= 11 is 13.1. The molecule has 1 saturated carbocycles. The zero-order chi connectivity index (χ0) is 9.03. The van der Waals surface area contributed by atoms with Crippen molar-refractivity contribution in [1.82, 2.24) is 5.32 Å². The van der Waals surface area contributed by atoms with Gasteiger partial charge in [-0.05, 0) is 19.1 Å². The smallest absolute Gasteiger partial charge is 0.0431 e. The van der Waals surface area contributed by atoms with E-state index in [0.717, 1.165) is 6.54 Å². The van der Waals surface area contributed by atoms with Gasteiger partial charge in [-0.2, -0.15) is 11.8 Å². The molecule has 0 bridgehead atoms. The van der Waals surface area contributed by atoms with Gasteiger partial charge in [0, 0.05) is 28.4 Å². The number of nitrogens with one attached hydrogen (secondary N) is 1. The van der Waals surface area contributed by atoms with E-state index in [1.807, 2.05) is 11.8 Å². The Labute approximate surface area is 87.9 Å². The lowest BCUT2D eigenvalue weighted by molar-refractivity contribution is 0.710. The lowest BCUT2D eigenvalue weighted by Crippen LogP contribution is -2.26. The fraction of sp³-hybridized carbons (Fsp3) is 0.750. The van der Waals surface area contributed by atoms with E-state index < -0.39 is 0 Å². The maximum absolute atomic E-state index is 5.72. The predicted octanol–water partition coefficient (Wildman–Crippen LogP) is 2.79. The van der Waals surface area contributed by atoms with Gasteiger partial charge in [0.25, 0.3) is 0 Å². The third-order valence-corrected chi connectivity index (χ3v) is 4.14. The topological polar surface area (TPSA) is 12.0 Å². The molecular weight excluding hydrogens is 213 g/mol. The van der Waals surface area contributed by atoms with E-state index in [2.05, 4.69) is 11.6 Å². The monoisotopic (exact) mass is 225 g/mol. The Bertz CT molecular complexity index is 178. The first-order valence-corrected chi connectivity index (χ1v) is 5.97. The molecule has 0 unspecified atom stereocenters. The van der Waals surface area contributed by atoms with Crippen molar-refractivity contribution in [1.29, 1.82) is 0 Å². The molecule has 4 heteroatoms. The van der Waals surface area contributed by atoms with Crippen LogP contribution in [0.3, 0.4) is 0 Å². The molecule has 0 aromatic rings. The zero-order valence-electron chi connectivity index (χ0n) is 7.07. The van der Waals surface area contributed by atoms with Gasteiger partial charge in [0.1, 0.15) is 0 Å². The molecule has 1 aliphatic rings. The molecule has 0 heterocycles. The van der Waals surface area contributed by atoms with Crippen molar-refractivity contribution in [2.24, 2.45) is 0 Å². The second-order valence-corrected chi connectivity index (χ2v) is 5.02. The first-order valence-electron chi connectivity index (χ1n) is 3.93. The molecule has 1 N–H and O–H groups in total. The van der Waals surface area contributed by atoms with Crippen LogP contribution in [0.4, 0.5) is 0 Å². The highest BCUT2D eigenvalue weighted by Gasteiger charge is 2.41. The highest BCUT2D eigenvalue weighted by atomic mass is 35.5.